The molecule has 1 aromatic carbocycles. The van der Waals surface area contributed by atoms with E-state index in [0.29, 0.717) is 22.1 Å². The second-order valence-electron chi connectivity index (χ2n) is 5.60. The minimum Gasteiger partial charge on any atom is -0.443 e. The van der Waals surface area contributed by atoms with Gasteiger partial charge in [-0.05, 0) is 50.8 Å². The smallest absolute Gasteiger partial charge is 0.221 e. The number of aromatic amines is 1. The van der Waals surface area contributed by atoms with E-state index in [4.69, 9.17) is 16.0 Å². The van der Waals surface area contributed by atoms with Gasteiger partial charge in [0.15, 0.2) is 22.9 Å². The van der Waals surface area contributed by atoms with Crippen LogP contribution in [0.4, 0.5) is 10.1 Å². The fourth-order valence-electron chi connectivity index (χ4n) is 2.09. The maximum absolute atomic E-state index is 12.8. The summed E-state index contributed by atoms with van der Waals surface area (Å²) in [6, 6.07) is 6.89. The van der Waals surface area contributed by atoms with Gasteiger partial charge >= 0.3 is 0 Å². The molecule has 3 N–H and O–H groups in total. The van der Waals surface area contributed by atoms with Crippen LogP contribution in [0.1, 0.15) is 34.7 Å². The summed E-state index contributed by atoms with van der Waals surface area (Å²) in [6.45, 7) is 2.66. The predicted molar refractivity (Wildman–Crippen MR) is 107 cm³/mol. The summed E-state index contributed by atoms with van der Waals surface area (Å²) >= 11 is 5.54. The standard InChI is InChI=1S/C10H10FNO2.C7H4ClNO2.C2H7N/c1-6(13)9-4-3-8(11)5-10(9)12-7(2)14;8-7-2-5-6(11-7)1-4(3-10)9-5;1-3-2/h3-5H,1-2H3,(H,12,14);1-3,9H;3H,1-2H3. The summed E-state index contributed by atoms with van der Waals surface area (Å²) in [5, 5.41) is 5.47. The zero-order chi connectivity index (χ0) is 21.3. The molecule has 0 unspecified atom stereocenters. The number of nitrogens with one attached hydrogen (secondary N) is 3. The number of H-pyrrole nitrogens is 1. The number of fused-ring (bicyclic) bond motifs is 1. The van der Waals surface area contributed by atoms with Crippen LogP contribution < -0.4 is 10.6 Å². The zero-order valence-electron chi connectivity index (χ0n) is 15.9. The molecule has 0 spiro atoms. The predicted octanol–water partition coefficient (Wildman–Crippen LogP) is 4.05. The topological polar surface area (TPSA) is 104 Å². The van der Waals surface area contributed by atoms with Crippen LogP contribution in [0.2, 0.25) is 5.22 Å². The van der Waals surface area contributed by atoms with E-state index >= 15 is 0 Å². The van der Waals surface area contributed by atoms with E-state index in [1.807, 2.05) is 14.1 Å². The van der Waals surface area contributed by atoms with Crippen LogP contribution in [0.5, 0.6) is 0 Å². The number of aldehydes is 1. The zero-order valence-corrected chi connectivity index (χ0v) is 16.6. The Kier molecular flexibility index (Phi) is 9.07. The van der Waals surface area contributed by atoms with Crippen LogP contribution in [0, 0.1) is 5.82 Å². The highest BCUT2D eigenvalue weighted by Gasteiger charge is 2.09. The lowest BCUT2D eigenvalue weighted by Crippen LogP contribution is -2.10. The van der Waals surface area contributed by atoms with Crippen LogP contribution in [-0.4, -0.2) is 37.1 Å². The molecule has 3 aromatic rings. The number of halogens is 2. The number of carbonyl (C=O) groups excluding carboxylic acids is 3. The van der Waals surface area contributed by atoms with Crippen molar-refractivity contribution in [3.8, 4) is 0 Å². The van der Waals surface area contributed by atoms with E-state index < -0.39 is 5.82 Å². The third-order valence-corrected chi connectivity index (χ3v) is 3.28. The van der Waals surface area contributed by atoms with Gasteiger partial charge in [0, 0.05) is 24.6 Å². The lowest BCUT2D eigenvalue weighted by atomic mass is 10.1. The summed E-state index contributed by atoms with van der Waals surface area (Å²) in [5.41, 5.74) is 2.37. The van der Waals surface area contributed by atoms with Gasteiger partial charge in [-0.15, -0.1) is 0 Å². The minimum atomic E-state index is -0.487. The number of rotatable bonds is 3. The summed E-state index contributed by atoms with van der Waals surface area (Å²) < 4.78 is 17.8. The number of carbonyl (C=O) groups is 3. The highest BCUT2D eigenvalue weighted by Crippen LogP contribution is 2.22. The summed E-state index contributed by atoms with van der Waals surface area (Å²) in [4.78, 5) is 34.9. The average molecular weight is 410 g/mol. The molecule has 2 aromatic heterocycles. The number of anilines is 1. The molecule has 9 heteroatoms. The normalized spacial score (nSPS) is 9.64. The fraction of sp³-hybridized carbons (Fsp3) is 0.211. The van der Waals surface area contributed by atoms with Crippen LogP contribution in [0.3, 0.4) is 0 Å². The molecule has 0 radical (unpaired) electrons. The van der Waals surface area contributed by atoms with Crippen molar-refractivity contribution >= 4 is 46.4 Å². The number of hydrogen-bond donors (Lipinski definition) is 3. The van der Waals surface area contributed by atoms with Crippen LogP contribution in [0.15, 0.2) is 34.7 Å². The summed E-state index contributed by atoms with van der Waals surface area (Å²) in [6.07, 6.45) is 0.726. The third kappa shape index (κ3) is 6.98. The Hall–Kier alpha value is -2.97. The minimum absolute atomic E-state index is 0.213. The number of Topliss-reactive ketones (excluding diaryl/α,β-unsaturated/α-hetero) is 1. The number of furan rings is 1. The molecule has 150 valence electrons. The van der Waals surface area contributed by atoms with Crippen molar-refractivity contribution in [1.82, 2.24) is 10.3 Å². The molecule has 1 amide bonds. The largest absolute Gasteiger partial charge is 0.443 e. The molecule has 0 aliphatic carbocycles. The van der Waals surface area contributed by atoms with Crippen molar-refractivity contribution in [2.45, 2.75) is 13.8 Å². The lowest BCUT2D eigenvalue weighted by Gasteiger charge is -2.06. The Morgan fingerprint density at radius 2 is 1.82 bits per heavy atom. The third-order valence-electron chi connectivity index (χ3n) is 3.09. The quantitative estimate of drug-likeness (QED) is 0.447. The highest BCUT2D eigenvalue weighted by molar-refractivity contribution is 6.29. The van der Waals surface area contributed by atoms with Gasteiger partial charge in [0.25, 0.3) is 0 Å². The van der Waals surface area contributed by atoms with Crippen LogP contribution >= 0.6 is 11.6 Å². The number of hydrogen-bond acceptors (Lipinski definition) is 5. The van der Waals surface area contributed by atoms with Gasteiger partial charge in [-0.1, -0.05) is 0 Å². The molecule has 0 aliphatic rings. The molecule has 0 saturated carbocycles. The maximum atomic E-state index is 12.8. The molecular formula is C19H21ClFN3O4. The van der Waals surface area contributed by atoms with Gasteiger partial charge in [0.1, 0.15) is 5.82 Å². The first-order valence-corrected chi connectivity index (χ1v) is 8.49. The molecular weight excluding hydrogens is 389 g/mol. The molecule has 0 atom stereocenters. The molecule has 2 heterocycles. The molecule has 0 fully saturated rings. The van der Waals surface area contributed by atoms with Crippen molar-refractivity contribution in [3.63, 3.8) is 0 Å². The Morgan fingerprint density at radius 3 is 2.32 bits per heavy atom. The summed E-state index contributed by atoms with van der Waals surface area (Å²) in [7, 11) is 3.75. The van der Waals surface area contributed by atoms with Crippen molar-refractivity contribution < 1.29 is 23.2 Å². The monoisotopic (exact) mass is 409 g/mol. The highest BCUT2D eigenvalue weighted by atomic mass is 35.5. The second kappa shape index (κ2) is 11.0. The molecule has 0 aliphatic heterocycles. The van der Waals surface area contributed by atoms with Crippen molar-refractivity contribution in [2.75, 3.05) is 19.4 Å². The Bertz CT molecular complexity index is 934. The van der Waals surface area contributed by atoms with Crippen molar-refractivity contribution in [1.29, 1.82) is 0 Å². The molecule has 3 rings (SSSR count). The lowest BCUT2D eigenvalue weighted by molar-refractivity contribution is -0.114. The van der Waals surface area contributed by atoms with Gasteiger partial charge in [-0.3, -0.25) is 14.4 Å². The van der Waals surface area contributed by atoms with Crippen LogP contribution in [0.25, 0.3) is 11.1 Å². The van der Waals surface area contributed by atoms with E-state index in [0.717, 1.165) is 17.9 Å². The number of aromatic nitrogens is 1. The molecule has 0 saturated heterocycles. The van der Waals surface area contributed by atoms with Crippen molar-refractivity contribution in [2.24, 2.45) is 0 Å². The molecule has 28 heavy (non-hydrogen) atoms. The first-order chi connectivity index (χ1) is 13.2. The van der Waals surface area contributed by atoms with E-state index in [1.54, 1.807) is 12.1 Å². The van der Waals surface area contributed by atoms with E-state index in [-0.39, 0.29) is 17.4 Å². The number of benzene rings is 1. The number of ketones is 1. The maximum Gasteiger partial charge on any atom is 0.221 e. The van der Waals surface area contributed by atoms with Gasteiger partial charge in [-0.2, -0.15) is 0 Å². The Balaban J connectivity index is 0.000000250. The van der Waals surface area contributed by atoms with Gasteiger partial charge < -0.3 is 20.0 Å². The average Bonchev–Trinajstić information content (AvgIpc) is 3.12. The van der Waals surface area contributed by atoms with Crippen molar-refractivity contribution in [3.05, 3.63) is 52.6 Å². The SMILES string of the molecule is CC(=O)Nc1cc(F)ccc1C(C)=O.CNC.O=Cc1cc2oc(Cl)cc2[nH]1. The first-order valence-electron chi connectivity index (χ1n) is 8.11. The van der Waals surface area contributed by atoms with Crippen LogP contribution in [-0.2, 0) is 4.79 Å². The van der Waals surface area contributed by atoms with Gasteiger partial charge in [0.2, 0.25) is 5.91 Å². The van der Waals surface area contributed by atoms with E-state index in [1.165, 1.54) is 26.0 Å². The van der Waals surface area contributed by atoms with E-state index in [2.05, 4.69) is 15.6 Å². The molecule has 0 bridgehead atoms. The fourth-order valence-corrected chi connectivity index (χ4v) is 2.28. The van der Waals surface area contributed by atoms with Gasteiger partial charge in [0.05, 0.1) is 16.9 Å². The Morgan fingerprint density at radius 1 is 1.18 bits per heavy atom. The van der Waals surface area contributed by atoms with E-state index in [9.17, 15) is 18.8 Å². The second-order valence-corrected chi connectivity index (χ2v) is 5.97. The van der Waals surface area contributed by atoms with Gasteiger partial charge in [-0.25, -0.2) is 4.39 Å². The molecule has 7 nitrogen and oxygen atoms in total. The Labute approximate surface area is 166 Å². The summed E-state index contributed by atoms with van der Waals surface area (Å²) in [5.74, 6) is -1.04. The first kappa shape index (κ1) is 23.1. The number of amides is 1.